The minimum absolute atomic E-state index is 0.156. The van der Waals surface area contributed by atoms with Gasteiger partial charge in [0.2, 0.25) is 0 Å². The van der Waals surface area contributed by atoms with E-state index in [2.05, 4.69) is 11.9 Å². The van der Waals surface area contributed by atoms with Gasteiger partial charge in [-0.1, -0.05) is 35.9 Å². The van der Waals surface area contributed by atoms with Gasteiger partial charge < -0.3 is 10.4 Å². The summed E-state index contributed by atoms with van der Waals surface area (Å²) in [5, 5.41) is 13.1. The fourth-order valence-electron chi connectivity index (χ4n) is 1.11. The lowest BCUT2D eigenvalue weighted by Crippen LogP contribution is -2.15. The van der Waals surface area contributed by atoms with Crippen LogP contribution >= 0.6 is 11.6 Å². The van der Waals surface area contributed by atoms with Gasteiger partial charge in [-0.25, -0.2) is 0 Å². The zero-order chi connectivity index (χ0) is 10.6. The van der Waals surface area contributed by atoms with Gasteiger partial charge in [0.15, 0.2) is 0 Å². The fourth-order valence-corrected chi connectivity index (χ4v) is 1.31. The third-order valence-electron chi connectivity index (χ3n) is 1.81. The van der Waals surface area contributed by atoms with Crippen LogP contribution in [0.4, 0.5) is 0 Å². The molecular weight excluding hydrogens is 198 g/mol. The van der Waals surface area contributed by atoms with E-state index in [0.717, 1.165) is 17.7 Å². The second-order valence-corrected chi connectivity index (χ2v) is 3.72. The predicted octanol–water partition coefficient (Wildman–Crippen LogP) is 2.71. The molecule has 0 aliphatic carbocycles. The number of hydrogen-bond donors (Lipinski definition) is 2. The molecule has 0 atom stereocenters. The van der Waals surface area contributed by atoms with Crippen molar-refractivity contribution in [1.29, 1.82) is 0 Å². The van der Waals surface area contributed by atoms with E-state index in [9.17, 15) is 5.11 Å². The molecular formula is C11H14ClNO. The van der Waals surface area contributed by atoms with Crippen LogP contribution in [0.15, 0.2) is 30.4 Å². The highest BCUT2D eigenvalue weighted by atomic mass is 35.5. The summed E-state index contributed by atoms with van der Waals surface area (Å²) in [7, 11) is 0. The number of aromatic hydroxyl groups is 1. The smallest absolute Gasteiger partial charge is 0.138 e. The van der Waals surface area contributed by atoms with E-state index in [1.807, 2.05) is 19.1 Å². The molecule has 0 aromatic heterocycles. The maximum atomic E-state index is 9.57. The summed E-state index contributed by atoms with van der Waals surface area (Å²) >= 11 is 5.76. The lowest BCUT2D eigenvalue weighted by atomic mass is 10.2. The standard InChI is InChI=1S/C11H14ClNO/c1-8(2)6-13-7-9-4-3-5-10(12)11(9)14/h3-5,13-14H,1,6-7H2,2H3. The number of nitrogens with one attached hydrogen (secondary N) is 1. The first kappa shape index (κ1) is 11.1. The fraction of sp³-hybridized carbons (Fsp3) is 0.273. The monoisotopic (exact) mass is 211 g/mol. The first-order valence-electron chi connectivity index (χ1n) is 4.42. The van der Waals surface area contributed by atoms with Crippen LogP contribution in [0.5, 0.6) is 5.75 Å². The topological polar surface area (TPSA) is 32.3 Å². The first-order valence-corrected chi connectivity index (χ1v) is 4.80. The van der Waals surface area contributed by atoms with Crippen molar-refractivity contribution >= 4 is 11.6 Å². The molecule has 0 unspecified atom stereocenters. The highest BCUT2D eigenvalue weighted by Crippen LogP contribution is 2.26. The Morgan fingerprint density at radius 3 is 2.93 bits per heavy atom. The van der Waals surface area contributed by atoms with E-state index >= 15 is 0 Å². The van der Waals surface area contributed by atoms with E-state index < -0.39 is 0 Å². The highest BCUT2D eigenvalue weighted by Gasteiger charge is 2.03. The molecule has 0 aliphatic rings. The van der Waals surface area contributed by atoms with Crippen molar-refractivity contribution in [3.05, 3.63) is 40.9 Å². The molecule has 2 nitrogen and oxygen atoms in total. The van der Waals surface area contributed by atoms with E-state index in [-0.39, 0.29) is 5.75 Å². The SMILES string of the molecule is C=C(C)CNCc1cccc(Cl)c1O. The Labute approximate surface area is 89.2 Å². The largest absolute Gasteiger partial charge is 0.506 e. The Morgan fingerprint density at radius 2 is 2.29 bits per heavy atom. The lowest BCUT2D eigenvalue weighted by Gasteiger charge is -2.07. The third-order valence-corrected chi connectivity index (χ3v) is 2.12. The molecule has 0 spiro atoms. The van der Waals surface area contributed by atoms with Crippen molar-refractivity contribution in [3.63, 3.8) is 0 Å². The molecule has 2 N–H and O–H groups in total. The molecule has 1 aromatic carbocycles. The van der Waals surface area contributed by atoms with Crippen molar-refractivity contribution in [1.82, 2.24) is 5.32 Å². The maximum Gasteiger partial charge on any atom is 0.138 e. The highest BCUT2D eigenvalue weighted by molar-refractivity contribution is 6.32. The molecule has 0 bridgehead atoms. The molecule has 0 saturated carbocycles. The number of para-hydroxylation sites is 1. The van der Waals surface area contributed by atoms with Crippen LogP contribution in [0.1, 0.15) is 12.5 Å². The Bertz CT molecular complexity index is 336. The summed E-state index contributed by atoms with van der Waals surface area (Å²) in [6.07, 6.45) is 0. The number of rotatable bonds is 4. The summed E-state index contributed by atoms with van der Waals surface area (Å²) in [5.74, 6) is 0.156. The number of halogens is 1. The zero-order valence-corrected chi connectivity index (χ0v) is 8.93. The Balaban J connectivity index is 2.59. The zero-order valence-electron chi connectivity index (χ0n) is 8.18. The first-order chi connectivity index (χ1) is 6.61. The minimum atomic E-state index is 0.156. The van der Waals surface area contributed by atoms with Gasteiger partial charge in [0, 0.05) is 18.7 Å². The number of benzene rings is 1. The summed E-state index contributed by atoms with van der Waals surface area (Å²) < 4.78 is 0. The summed E-state index contributed by atoms with van der Waals surface area (Å²) in [6.45, 7) is 7.06. The van der Waals surface area contributed by atoms with Crippen molar-refractivity contribution in [2.45, 2.75) is 13.5 Å². The summed E-state index contributed by atoms with van der Waals surface area (Å²) in [6, 6.07) is 5.33. The third kappa shape index (κ3) is 3.05. The van der Waals surface area contributed by atoms with Crippen molar-refractivity contribution in [2.75, 3.05) is 6.54 Å². The molecule has 0 heterocycles. The van der Waals surface area contributed by atoms with Crippen LogP contribution in [0, 0.1) is 0 Å². The van der Waals surface area contributed by atoms with Gasteiger partial charge in [0.25, 0.3) is 0 Å². The van der Waals surface area contributed by atoms with Gasteiger partial charge >= 0.3 is 0 Å². The lowest BCUT2D eigenvalue weighted by molar-refractivity contribution is 0.465. The van der Waals surface area contributed by atoms with Gasteiger partial charge in [-0.05, 0) is 13.0 Å². The molecule has 3 heteroatoms. The van der Waals surface area contributed by atoms with Crippen LogP contribution < -0.4 is 5.32 Å². The van der Waals surface area contributed by atoms with Crippen LogP contribution in [0.2, 0.25) is 5.02 Å². The number of phenolic OH excluding ortho intramolecular Hbond substituents is 1. The van der Waals surface area contributed by atoms with Crippen LogP contribution in [0.3, 0.4) is 0 Å². The van der Waals surface area contributed by atoms with Crippen molar-refractivity contribution in [3.8, 4) is 5.75 Å². The average Bonchev–Trinajstić information content (AvgIpc) is 2.12. The van der Waals surface area contributed by atoms with Crippen LogP contribution in [0.25, 0.3) is 0 Å². The molecule has 0 radical (unpaired) electrons. The Hall–Kier alpha value is -0.990. The Morgan fingerprint density at radius 1 is 1.57 bits per heavy atom. The molecule has 1 rings (SSSR count). The number of phenols is 1. The molecule has 0 saturated heterocycles. The number of hydrogen-bond acceptors (Lipinski definition) is 2. The molecule has 0 amide bonds. The van der Waals surface area contributed by atoms with Crippen molar-refractivity contribution in [2.24, 2.45) is 0 Å². The summed E-state index contributed by atoms with van der Waals surface area (Å²) in [5.41, 5.74) is 1.87. The predicted molar refractivity (Wildman–Crippen MR) is 59.6 cm³/mol. The quantitative estimate of drug-likeness (QED) is 0.751. The minimum Gasteiger partial charge on any atom is -0.506 e. The van der Waals surface area contributed by atoms with E-state index in [4.69, 9.17) is 11.6 Å². The van der Waals surface area contributed by atoms with E-state index in [0.29, 0.717) is 11.6 Å². The normalized spacial score (nSPS) is 10.1. The molecule has 0 aliphatic heterocycles. The van der Waals surface area contributed by atoms with Crippen LogP contribution in [-0.2, 0) is 6.54 Å². The van der Waals surface area contributed by atoms with Gasteiger partial charge in [-0.2, -0.15) is 0 Å². The second-order valence-electron chi connectivity index (χ2n) is 3.31. The molecule has 76 valence electrons. The average molecular weight is 212 g/mol. The van der Waals surface area contributed by atoms with Gasteiger partial charge in [-0.3, -0.25) is 0 Å². The van der Waals surface area contributed by atoms with Crippen molar-refractivity contribution < 1.29 is 5.11 Å². The molecule has 0 fully saturated rings. The second kappa shape index (κ2) is 5.03. The van der Waals surface area contributed by atoms with E-state index in [1.165, 1.54) is 0 Å². The summed E-state index contributed by atoms with van der Waals surface area (Å²) in [4.78, 5) is 0. The van der Waals surface area contributed by atoms with Gasteiger partial charge in [-0.15, -0.1) is 0 Å². The van der Waals surface area contributed by atoms with E-state index in [1.54, 1.807) is 6.07 Å². The van der Waals surface area contributed by atoms with Gasteiger partial charge in [0.05, 0.1) is 5.02 Å². The van der Waals surface area contributed by atoms with Gasteiger partial charge in [0.1, 0.15) is 5.75 Å². The maximum absolute atomic E-state index is 9.57. The Kier molecular flexibility index (Phi) is 3.98. The van der Waals surface area contributed by atoms with Crippen LogP contribution in [-0.4, -0.2) is 11.7 Å². The molecule has 1 aromatic rings. The molecule has 14 heavy (non-hydrogen) atoms.